The van der Waals surface area contributed by atoms with Crippen LogP contribution in [0.3, 0.4) is 0 Å². The van der Waals surface area contributed by atoms with Gasteiger partial charge < -0.3 is 24.1 Å². The summed E-state index contributed by atoms with van der Waals surface area (Å²) in [5, 5.41) is 3.12. The molecule has 9 nitrogen and oxygen atoms in total. The molecule has 1 saturated heterocycles. The quantitative estimate of drug-likeness (QED) is 0.592. The second-order valence-corrected chi connectivity index (χ2v) is 6.14. The summed E-state index contributed by atoms with van der Waals surface area (Å²) < 4.78 is 15.4. The number of nitrogens with zero attached hydrogens (tertiary/aromatic N) is 1. The first-order valence-electron chi connectivity index (χ1n) is 8.81. The van der Waals surface area contributed by atoms with Gasteiger partial charge in [0.15, 0.2) is 11.3 Å². The molecule has 0 unspecified atom stereocenters. The minimum Gasteiger partial charge on any atom is -0.490 e. The second-order valence-electron chi connectivity index (χ2n) is 6.14. The Kier molecular flexibility index (Phi) is 5.62. The molecular formula is C19H20N2O7. The first kappa shape index (κ1) is 19.4. The van der Waals surface area contributed by atoms with E-state index in [-0.39, 0.29) is 30.7 Å². The molecule has 1 N–H and O–H groups in total. The molecule has 1 aromatic heterocycles. The number of rotatable bonds is 5. The van der Waals surface area contributed by atoms with Crippen LogP contribution in [0.5, 0.6) is 5.75 Å². The maximum Gasteiger partial charge on any atom is 0.349 e. The number of amides is 2. The zero-order valence-electron chi connectivity index (χ0n) is 15.5. The van der Waals surface area contributed by atoms with Crippen LogP contribution in [0.2, 0.25) is 0 Å². The number of ether oxygens (including phenoxy) is 2. The first-order valence-corrected chi connectivity index (χ1v) is 8.81. The van der Waals surface area contributed by atoms with Crippen LogP contribution in [-0.2, 0) is 14.3 Å². The highest BCUT2D eigenvalue weighted by Gasteiger charge is 2.36. The van der Waals surface area contributed by atoms with E-state index >= 15 is 0 Å². The van der Waals surface area contributed by atoms with Crippen molar-refractivity contribution in [3.63, 3.8) is 0 Å². The number of carbonyl (C=O) groups is 3. The van der Waals surface area contributed by atoms with Crippen molar-refractivity contribution >= 4 is 28.8 Å². The Morgan fingerprint density at radius 2 is 2.11 bits per heavy atom. The normalized spacial score (nSPS) is 16.6. The Morgan fingerprint density at radius 3 is 2.82 bits per heavy atom. The van der Waals surface area contributed by atoms with Gasteiger partial charge in [-0.2, -0.15) is 0 Å². The number of hydrogen-bond donors (Lipinski definition) is 1. The Bertz CT molecular complexity index is 982. The van der Waals surface area contributed by atoms with Crippen LogP contribution in [0.1, 0.15) is 23.7 Å². The van der Waals surface area contributed by atoms with Gasteiger partial charge >= 0.3 is 11.6 Å². The molecule has 28 heavy (non-hydrogen) atoms. The fourth-order valence-corrected chi connectivity index (χ4v) is 3.09. The maximum atomic E-state index is 13.0. The van der Waals surface area contributed by atoms with Crippen molar-refractivity contribution in [3.8, 4) is 5.75 Å². The van der Waals surface area contributed by atoms with E-state index in [4.69, 9.17) is 9.15 Å². The predicted octanol–water partition coefficient (Wildman–Crippen LogP) is 0.695. The lowest BCUT2D eigenvalue weighted by Crippen LogP contribution is -2.58. The number of piperazine rings is 1. The number of para-hydroxylation sites is 1. The summed E-state index contributed by atoms with van der Waals surface area (Å²) in [6.07, 6.45) is -0.304. The lowest BCUT2D eigenvalue weighted by molar-refractivity contribution is -0.145. The number of nitrogens with one attached hydrogen (secondary N) is 1. The Labute approximate surface area is 160 Å². The highest BCUT2D eigenvalue weighted by Crippen LogP contribution is 2.25. The van der Waals surface area contributed by atoms with E-state index < -0.39 is 29.5 Å². The Balaban J connectivity index is 1.99. The fraction of sp³-hybridized carbons (Fsp3) is 0.368. The van der Waals surface area contributed by atoms with Gasteiger partial charge in [0.25, 0.3) is 5.91 Å². The molecule has 2 aromatic rings. The maximum absolute atomic E-state index is 13.0. The van der Waals surface area contributed by atoms with Gasteiger partial charge in [0.2, 0.25) is 5.91 Å². The van der Waals surface area contributed by atoms with E-state index in [0.29, 0.717) is 17.7 Å². The molecule has 0 bridgehead atoms. The zero-order valence-corrected chi connectivity index (χ0v) is 15.5. The van der Waals surface area contributed by atoms with Gasteiger partial charge in [-0.1, -0.05) is 12.1 Å². The molecule has 2 amide bonds. The molecule has 1 aliphatic rings. The molecule has 0 radical (unpaired) electrons. The number of methoxy groups -OCH3 is 1. The Morgan fingerprint density at radius 1 is 1.32 bits per heavy atom. The highest BCUT2D eigenvalue weighted by atomic mass is 16.5. The van der Waals surface area contributed by atoms with E-state index in [9.17, 15) is 19.2 Å². The van der Waals surface area contributed by atoms with Crippen molar-refractivity contribution in [3.05, 3.63) is 40.2 Å². The molecule has 1 atom stereocenters. The minimum absolute atomic E-state index is 0.155. The van der Waals surface area contributed by atoms with Crippen molar-refractivity contribution in [2.24, 2.45) is 0 Å². The van der Waals surface area contributed by atoms with Gasteiger partial charge in [-0.25, -0.2) is 4.79 Å². The monoisotopic (exact) mass is 388 g/mol. The number of fused-ring (bicyclic) bond motifs is 1. The van der Waals surface area contributed by atoms with E-state index in [1.54, 1.807) is 25.1 Å². The van der Waals surface area contributed by atoms with E-state index in [2.05, 4.69) is 10.1 Å². The van der Waals surface area contributed by atoms with Gasteiger partial charge in [0, 0.05) is 18.5 Å². The summed E-state index contributed by atoms with van der Waals surface area (Å²) in [4.78, 5) is 50.5. The largest absolute Gasteiger partial charge is 0.490 e. The Hall–Kier alpha value is -3.36. The van der Waals surface area contributed by atoms with Gasteiger partial charge in [-0.05, 0) is 19.1 Å². The molecule has 148 valence electrons. The highest BCUT2D eigenvalue weighted by molar-refractivity contribution is 6.01. The average Bonchev–Trinajstić information content (AvgIpc) is 2.69. The van der Waals surface area contributed by atoms with Crippen molar-refractivity contribution in [2.45, 2.75) is 19.4 Å². The van der Waals surface area contributed by atoms with Gasteiger partial charge in [-0.3, -0.25) is 14.4 Å². The zero-order chi connectivity index (χ0) is 20.3. The summed E-state index contributed by atoms with van der Waals surface area (Å²) in [5.74, 6) is -1.39. The van der Waals surface area contributed by atoms with Crippen molar-refractivity contribution in [2.75, 3.05) is 26.8 Å². The van der Waals surface area contributed by atoms with Crippen LogP contribution < -0.4 is 15.7 Å². The minimum atomic E-state index is -1.06. The number of hydrogen-bond acceptors (Lipinski definition) is 7. The van der Waals surface area contributed by atoms with Gasteiger partial charge in [-0.15, -0.1) is 0 Å². The van der Waals surface area contributed by atoms with Crippen LogP contribution >= 0.6 is 0 Å². The third-order valence-corrected chi connectivity index (χ3v) is 4.43. The molecule has 0 saturated carbocycles. The summed E-state index contributed by atoms with van der Waals surface area (Å²) in [6, 6.07) is 5.42. The summed E-state index contributed by atoms with van der Waals surface area (Å²) in [7, 11) is 1.20. The number of esters is 1. The SMILES string of the molecule is CCOc1cccc2cc(C(=O)N3CCNC(=O)[C@H]3CC(=O)OC)c(=O)oc12. The third-order valence-electron chi connectivity index (χ3n) is 4.43. The molecule has 1 fully saturated rings. The number of benzene rings is 1. The van der Waals surface area contributed by atoms with E-state index in [1.807, 2.05) is 0 Å². The molecule has 3 rings (SSSR count). The predicted molar refractivity (Wildman–Crippen MR) is 98.1 cm³/mol. The van der Waals surface area contributed by atoms with Crippen LogP contribution in [-0.4, -0.2) is 55.5 Å². The van der Waals surface area contributed by atoms with E-state index in [1.165, 1.54) is 18.1 Å². The third kappa shape index (κ3) is 3.68. The molecule has 0 spiro atoms. The lowest BCUT2D eigenvalue weighted by Gasteiger charge is -2.34. The molecule has 0 aliphatic carbocycles. The second kappa shape index (κ2) is 8.12. The average molecular weight is 388 g/mol. The van der Waals surface area contributed by atoms with Crippen molar-refractivity contribution in [1.82, 2.24) is 10.2 Å². The fourth-order valence-electron chi connectivity index (χ4n) is 3.09. The van der Waals surface area contributed by atoms with Gasteiger partial charge in [0.05, 0.1) is 20.1 Å². The smallest absolute Gasteiger partial charge is 0.349 e. The van der Waals surface area contributed by atoms with Gasteiger partial charge in [0.1, 0.15) is 11.6 Å². The summed E-state index contributed by atoms with van der Waals surface area (Å²) in [6.45, 7) is 2.57. The van der Waals surface area contributed by atoms with Crippen LogP contribution in [0.25, 0.3) is 11.0 Å². The molecule has 9 heteroatoms. The topological polar surface area (TPSA) is 115 Å². The summed E-state index contributed by atoms with van der Waals surface area (Å²) in [5.41, 5.74) is -0.813. The molecule has 1 aromatic carbocycles. The van der Waals surface area contributed by atoms with Crippen LogP contribution in [0.4, 0.5) is 0 Å². The van der Waals surface area contributed by atoms with Crippen LogP contribution in [0, 0.1) is 0 Å². The lowest BCUT2D eigenvalue weighted by atomic mass is 10.1. The molecule has 2 heterocycles. The van der Waals surface area contributed by atoms with Crippen LogP contribution in [0.15, 0.2) is 33.5 Å². The first-order chi connectivity index (χ1) is 13.5. The standard InChI is InChI=1S/C19H20N2O7/c1-3-27-14-6-4-5-11-9-12(19(25)28-16(11)14)18(24)21-8-7-20-17(23)13(21)10-15(22)26-2/h4-6,9,13H,3,7-8,10H2,1-2H3,(H,20,23)/t13-/m1/s1. The molecular weight excluding hydrogens is 368 g/mol. The van der Waals surface area contributed by atoms with Crippen molar-refractivity contribution < 1.29 is 28.3 Å². The summed E-state index contributed by atoms with van der Waals surface area (Å²) >= 11 is 0. The molecule has 1 aliphatic heterocycles. The van der Waals surface area contributed by atoms with Crippen molar-refractivity contribution in [1.29, 1.82) is 0 Å². The number of carbonyl (C=O) groups excluding carboxylic acids is 3. The van der Waals surface area contributed by atoms with E-state index in [0.717, 1.165) is 0 Å².